The molecule has 0 spiro atoms. The number of ether oxygens (including phenoxy) is 1. The van der Waals surface area contributed by atoms with Crippen LogP contribution >= 0.6 is 15.9 Å². The highest BCUT2D eigenvalue weighted by Crippen LogP contribution is 2.26. The lowest BCUT2D eigenvalue weighted by molar-refractivity contribution is 0.0993. The van der Waals surface area contributed by atoms with E-state index in [9.17, 15) is 4.79 Å². The predicted molar refractivity (Wildman–Crippen MR) is 89.1 cm³/mol. The SMILES string of the molecule is CCCOc1ccc(C(=O)Cc2ccc(C)cc2)cc1Br. The average Bonchev–Trinajstić information content (AvgIpc) is 2.48. The third-order valence-electron chi connectivity index (χ3n) is 3.20. The Balaban J connectivity index is 2.08. The van der Waals surface area contributed by atoms with Gasteiger partial charge in [-0.1, -0.05) is 36.8 Å². The maximum atomic E-state index is 12.3. The van der Waals surface area contributed by atoms with E-state index >= 15 is 0 Å². The fourth-order valence-electron chi connectivity index (χ4n) is 2.00. The van der Waals surface area contributed by atoms with Crippen LogP contribution in [0, 0.1) is 6.92 Å². The number of rotatable bonds is 6. The summed E-state index contributed by atoms with van der Waals surface area (Å²) in [5.74, 6) is 0.894. The van der Waals surface area contributed by atoms with E-state index in [1.807, 2.05) is 49.4 Å². The molecule has 0 N–H and O–H groups in total. The van der Waals surface area contributed by atoms with E-state index in [4.69, 9.17) is 4.74 Å². The topological polar surface area (TPSA) is 26.3 Å². The van der Waals surface area contributed by atoms with Gasteiger partial charge in [-0.25, -0.2) is 0 Å². The highest BCUT2D eigenvalue weighted by atomic mass is 79.9. The minimum Gasteiger partial charge on any atom is -0.492 e. The zero-order valence-electron chi connectivity index (χ0n) is 12.4. The van der Waals surface area contributed by atoms with Crippen molar-refractivity contribution in [2.75, 3.05) is 6.61 Å². The van der Waals surface area contributed by atoms with Gasteiger partial charge in [0.1, 0.15) is 5.75 Å². The van der Waals surface area contributed by atoms with Gasteiger partial charge >= 0.3 is 0 Å². The molecule has 2 aromatic rings. The summed E-state index contributed by atoms with van der Waals surface area (Å²) in [7, 11) is 0. The highest BCUT2D eigenvalue weighted by molar-refractivity contribution is 9.10. The van der Waals surface area contributed by atoms with Crippen molar-refractivity contribution in [1.29, 1.82) is 0 Å². The number of hydrogen-bond donors (Lipinski definition) is 0. The standard InChI is InChI=1S/C18H19BrO2/c1-3-10-21-18-9-8-15(12-16(18)19)17(20)11-14-6-4-13(2)5-7-14/h4-9,12H,3,10-11H2,1-2H3. The number of hydrogen-bond acceptors (Lipinski definition) is 2. The molecule has 21 heavy (non-hydrogen) atoms. The number of carbonyl (C=O) groups excluding carboxylic acids is 1. The Hall–Kier alpha value is -1.61. The van der Waals surface area contributed by atoms with Gasteiger partial charge in [-0.15, -0.1) is 0 Å². The highest BCUT2D eigenvalue weighted by Gasteiger charge is 2.10. The van der Waals surface area contributed by atoms with Gasteiger partial charge in [0.15, 0.2) is 5.78 Å². The molecule has 0 amide bonds. The maximum Gasteiger partial charge on any atom is 0.167 e. The molecule has 0 aliphatic rings. The lowest BCUT2D eigenvalue weighted by Crippen LogP contribution is -2.04. The largest absolute Gasteiger partial charge is 0.492 e. The van der Waals surface area contributed by atoms with E-state index < -0.39 is 0 Å². The Morgan fingerprint density at radius 1 is 1.14 bits per heavy atom. The van der Waals surface area contributed by atoms with Crippen molar-refractivity contribution in [3.05, 3.63) is 63.6 Å². The molecule has 0 aliphatic heterocycles. The fourth-order valence-corrected chi connectivity index (χ4v) is 2.49. The molecule has 110 valence electrons. The van der Waals surface area contributed by atoms with Crippen molar-refractivity contribution in [1.82, 2.24) is 0 Å². The van der Waals surface area contributed by atoms with Gasteiger partial charge in [-0.2, -0.15) is 0 Å². The van der Waals surface area contributed by atoms with Crippen LogP contribution in [0.4, 0.5) is 0 Å². The summed E-state index contributed by atoms with van der Waals surface area (Å²) in [5, 5.41) is 0. The molecule has 0 fully saturated rings. The van der Waals surface area contributed by atoms with Gasteiger partial charge in [0.05, 0.1) is 11.1 Å². The Labute approximate surface area is 134 Å². The first-order chi connectivity index (χ1) is 10.1. The summed E-state index contributed by atoms with van der Waals surface area (Å²) in [6.07, 6.45) is 1.38. The quantitative estimate of drug-likeness (QED) is 0.690. The number of Topliss-reactive ketones (excluding diaryl/α,β-unsaturated/α-hetero) is 1. The Bertz CT molecular complexity index is 618. The molecular formula is C18H19BrO2. The first-order valence-electron chi connectivity index (χ1n) is 7.11. The molecule has 0 aromatic heterocycles. The van der Waals surface area contributed by atoms with Crippen molar-refractivity contribution in [2.45, 2.75) is 26.7 Å². The molecule has 0 heterocycles. The van der Waals surface area contributed by atoms with Crippen molar-refractivity contribution in [3.8, 4) is 5.75 Å². The molecule has 3 heteroatoms. The van der Waals surface area contributed by atoms with Crippen LogP contribution in [0.1, 0.15) is 34.8 Å². The molecule has 0 radical (unpaired) electrons. The second-order valence-electron chi connectivity index (χ2n) is 5.08. The van der Waals surface area contributed by atoms with Crippen LogP contribution in [-0.4, -0.2) is 12.4 Å². The van der Waals surface area contributed by atoms with Crippen LogP contribution in [-0.2, 0) is 6.42 Å². The van der Waals surface area contributed by atoms with Crippen LogP contribution in [0.5, 0.6) is 5.75 Å². The maximum absolute atomic E-state index is 12.3. The second-order valence-corrected chi connectivity index (χ2v) is 5.93. The minimum absolute atomic E-state index is 0.113. The molecule has 0 atom stereocenters. The van der Waals surface area contributed by atoms with Crippen LogP contribution in [0.2, 0.25) is 0 Å². The summed E-state index contributed by atoms with van der Waals surface area (Å²) in [6.45, 7) is 4.78. The smallest absolute Gasteiger partial charge is 0.167 e. The predicted octanol–water partition coefficient (Wildman–Crippen LogP) is 4.97. The van der Waals surface area contributed by atoms with Crippen LogP contribution < -0.4 is 4.74 Å². The third kappa shape index (κ3) is 4.43. The summed E-state index contributed by atoms with van der Waals surface area (Å²) < 4.78 is 6.42. The number of carbonyl (C=O) groups is 1. The number of aryl methyl sites for hydroxylation is 1. The Morgan fingerprint density at radius 2 is 1.86 bits per heavy atom. The fraction of sp³-hybridized carbons (Fsp3) is 0.278. The molecule has 0 saturated heterocycles. The van der Waals surface area contributed by atoms with Crippen molar-refractivity contribution in [2.24, 2.45) is 0 Å². The van der Waals surface area contributed by atoms with Crippen molar-refractivity contribution in [3.63, 3.8) is 0 Å². The van der Waals surface area contributed by atoms with Crippen LogP contribution in [0.15, 0.2) is 46.9 Å². The number of ketones is 1. The van der Waals surface area contributed by atoms with Gasteiger partial charge in [-0.3, -0.25) is 4.79 Å². The van der Waals surface area contributed by atoms with E-state index in [-0.39, 0.29) is 5.78 Å². The van der Waals surface area contributed by atoms with E-state index in [1.54, 1.807) is 0 Å². The lowest BCUT2D eigenvalue weighted by atomic mass is 10.0. The van der Waals surface area contributed by atoms with Crippen LogP contribution in [0.25, 0.3) is 0 Å². The van der Waals surface area contributed by atoms with Crippen molar-refractivity contribution >= 4 is 21.7 Å². The van der Waals surface area contributed by atoms with Gasteiger partial charge in [0, 0.05) is 12.0 Å². The number of halogens is 1. The normalized spacial score (nSPS) is 10.4. The van der Waals surface area contributed by atoms with Gasteiger partial charge in [-0.05, 0) is 53.0 Å². The van der Waals surface area contributed by atoms with Gasteiger partial charge < -0.3 is 4.74 Å². The Kier molecular flexibility index (Phi) is 5.57. The molecule has 0 saturated carbocycles. The van der Waals surface area contributed by atoms with Crippen molar-refractivity contribution < 1.29 is 9.53 Å². The molecular weight excluding hydrogens is 328 g/mol. The monoisotopic (exact) mass is 346 g/mol. The second kappa shape index (κ2) is 7.41. The average molecular weight is 347 g/mol. The number of benzene rings is 2. The Morgan fingerprint density at radius 3 is 2.48 bits per heavy atom. The third-order valence-corrected chi connectivity index (χ3v) is 3.82. The summed E-state index contributed by atoms with van der Waals surface area (Å²) in [6, 6.07) is 13.6. The zero-order valence-corrected chi connectivity index (χ0v) is 13.9. The molecule has 2 aromatic carbocycles. The lowest BCUT2D eigenvalue weighted by Gasteiger charge is -2.08. The molecule has 0 unspecified atom stereocenters. The van der Waals surface area contributed by atoms with E-state index in [0.717, 1.165) is 22.2 Å². The summed E-state index contributed by atoms with van der Waals surface area (Å²) >= 11 is 3.46. The molecule has 0 aliphatic carbocycles. The first-order valence-corrected chi connectivity index (χ1v) is 7.90. The van der Waals surface area contributed by atoms with E-state index in [1.165, 1.54) is 5.56 Å². The zero-order chi connectivity index (χ0) is 15.2. The van der Waals surface area contributed by atoms with Crippen LogP contribution in [0.3, 0.4) is 0 Å². The van der Waals surface area contributed by atoms with Gasteiger partial charge in [0.2, 0.25) is 0 Å². The van der Waals surface area contributed by atoms with E-state index in [0.29, 0.717) is 18.6 Å². The molecule has 2 nitrogen and oxygen atoms in total. The summed E-state index contributed by atoms with van der Waals surface area (Å²) in [5.41, 5.74) is 2.94. The minimum atomic E-state index is 0.113. The molecule has 2 rings (SSSR count). The summed E-state index contributed by atoms with van der Waals surface area (Å²) in [4.78, 5) is 12.3. The first kappa shape index (κ1) is 15.8. The van der Waals surface area contributed by atoms with Gasteiger partial charge in [0.25, 0.3) is 0 Å². The molecule has 0 bridgehead atoms. The van der Waals surface area contributed by atoms with E-state index in [2.05, 4.69) is 22.9 Å².